The molecule has 39 heavy (non-hydrogen) atoms. The van der Waals surface area contributed by atoms with Gasteiger partial charge in [-0.2, -0.15) is 0 Å². The lowest BCUT2D eigenvalue weighted by Gasteiger charge is -2.39. The van der Waals surface area contributed by atoms with E-state index in [4.69, 9.17) is 9.47 Å². The summed E-state index contributed by atoms with van der Waals surface area (Å²) in [7, 11) is 1.28. The summed E-state index contributed by atoms with van der Waals surface area (Å²) >= 11 is 0. The maximum atomic E-state index is 14.0. The van der Waals surface area contributed by atoms with Crippen molar-refractivity contribution >= 4 is 17.8 Å². The Bertz CT molecular complexity index is 1380. The van der Waals surface area contributed by atoms with Crippen LogP contribution in [-0.4, -0.2) is 53.4 Å². The number of aromatic nitrogens is 1. The average molecular weight is 536 g/mol. The molecule has 202 valence electrons. The highest BCUT2D eigenvalue weighted by molar-refractivity contribution is 6.05. The van der Waals surface area contributed by atoms with Crippen LogP contribution in [0.25, 0.3) is 0 Å². The van der Waals surface area contributed by atoms with Crippen molar-refractivity contribution in [1.29, 1.82) is 0 Å². The zero-order chi connectivity index (χ0) is 27.5. The third-order valence-electron chi connectivity index (χ3n) is 7.27. The van der Waals surface area contributed by atoms with Crippen LogP contribution in [0.2, 0.25) is 0 Å². The first-order chi connectivity index (χ1) is 18.8. The molecular formula is C29H27F2N3O5. The van der Waals surface area contributed by atoms with Gasteiger partial charge in [0.15, 0.2) is 0 Å². The minimum atomic E-state index is -0.691. The summed E-state index contributed by atoms with van der Waals surface area (Å²) in [5.74, 6) is -2.16. The first-order valence-corrected chi connectivity index (χ1v) is 12.7. The number of ether oxygens (including phenoxy) is 2. The summed E-state index contributed by atoms with van der Waals surface area (Å²) in [6.07, 6.45) is 3.99. The van der Waals surface area contributed by atoms with E-state index in [1.165, 1.54) is 31.4 Å². The van der Waals surface area contributed by atoms with E-state index >= 15 is 0 Å². The number of esters is 1. The molecule has 2 saturated heterocycles. The fourth-order valence-electron chi connectivity index (χ4n) is 5.50. The lowest BCUT2D eigenvalue weighted by molar-refractivity contribution is 0.0501. The highest BCUT2D eigenvalue weighted by Crippen LogP contribution is 2.39. The van der Waals surface area contributed by atoms with Gasteiger partial charge in [0.1, 0.15) is 22.9 Å². The van der Waals surface area contributed by atoms with Crippen LogP contribution in [0.4, 0.5) is 8.78 Å². The van der Waals surface area contributed by atoms with Gasteiger partial charge < -0.3 is 19.7 Å². The molecule has 2 aliphatic heterocycles. The molecule has 1 unspecified atom stereocenters. The van der Waals surface area contributed by atoms with Gasteiger partial charge in [0.25, 0.3) is 11.8 Å². The minimum absolute atomic E-state index is 0.0166. The normalized spacial score (nSPS) is 19.9. The van der Waals surface area contributed by atoms with E-state index in [0.29, 0.717) is 24.9 Å². The number of rotatable bonds is 7. The summed E-state index contributed by atoms with van der Waals surface area (Å²) < 4.78 is 37.6. The zero-order valence-electron chi connectivity index (χ0n) is 21.2. The summed E-state index contributed by atoms with van der Waals surface area (Å²) in [5.41, 5.74) is 0.482. The number of pyridine rings is 1. The number of hydrogen-bond acceptors (Lipinski definition) is 6. The number of benzene rings is 2. The van der Waals surface area contributed by atoms with Crippen LogP contribution in [0.1, 0.15) is 56.8 Å². The lowest BCUT2D eigenvalue weighted by Crippen LogP contribution is -2.48. The van der Waals surface area contributed by atoms with Gasteiger partial charge in [-0.1, -0.05) is 12.1 Å². The van der Waals surface area contributed by atoms with Gasteiger partial charge in [-0.15, -0.1) is 0 Å². The van der Waals surface area contributed by atoms with E-state index in [-0.39, 0.29) is 46.7 Å². The number of methoxy groups -OCH3 is 1. The second-order valence-corrected chi connectivity index (χ2v) is 9.74. The predicted octanol–water partition coefficient (Wildman–Crippen LogP) is 4.75. The van der Waals surface area contributed by atoms with Crippen LogP contribution in [-0.2, 0) is 4.74 Å². The third kappa shape index (κ3) is 5.59. The number of carbonyl (C=O) groups excluding carboxylic acids is 3. The highest BCUT2D eigenvalue weighted by Gasteiger charge is 2.44. The summed E-state index contributed by atoms with van der Waals surface area (Å²) in [4.78, 5) is 44.4. The van der Waals surface area contributed by atoms with Gasteiger partial charge in [0.05, 0.1) is 24.4 Å². The maximum Gasteiger partial charge on any atom is 0.338 e. The Balaban J connectivity index is 1.24. The standard InChI is InChI=1S/C29H27F2N3O5/c1-38-29(37)24-5-3-2-4-23(24)28(36)34-20-8-9-21(34)13-17(12-20)15-32-26(35)25-14-19(31)16-33-27(25)39-22-10-6-18(30)7-11-22/h2-7,10-11,14,16-17,20-21H,8-9,12-13,15H2,1H3,(H,32,35)/t17?,20-,21+. The monoisotopic (exact) mass is 535 g/mol. The van der Waals surface area contributed by atoms with Crippen LogP contribution >= 0.6 is 0 Å². The van der Waals surface area contributed by atoms with Crippen molar-refractivity contribution in [3.63, 3.8) is 0 Å². The Morgan fingerprint density at radius 2 is 1.62 bits per heavy atom. The van der Waals surface area contributed by atoms with E-state index < -0.39 is 23.5 Å². The Labute approximate surface area is 223 Å². The molecule has 0 saturated carbocycles. The van der Waals surface area contributed by atoms with E-state index in [1.54, 1.807) is 24.3 Å². The predicted molar refractivity (Wildman–Crippen MR) is 136 cm³/mol. The summed E-state index contributed by atoms with van der Waals surface area (Å²) in [6.45, 7) is 0.332. The van der Waals surface area contributed by atoms with Gasteiger partial charge in [-0.25, -0.2) is 18.6 Å². The lowest BCUT2D eigenvalue weighted by atomic mass is 9.89. The van der Waals surface area contributed by atoms with Crippen molar-refractivity contribution in [3.05, 3.63) is 89.1 Å². The van der Waals surface area contributed by atoms with E-state index in [1.807, 2.05) is 4.90 Å². The van der Waals surface area contributed by atoms with Gasteiger partial charge in [-0.05, 0) is 74.1 Å². The molecule has 5 rings (SSSR count). The van der Waals surface area contributed by atoms with E-state index in [0.717, 1.165) is 25.1 Å². The molecule has 0 aliphatic carbocycles. The molecule has 0 spiro atoms. The van der Waals surface area contributed by atoms with Crippen LogP contribution in [0.3, 0.4) is 0 Å². The maximum absolute atomic E-state index is 14.0. The number of hydrogen-bond donors (Lipinski definition) is 1. The minimum Gasteiger partial charge on any atom is -0.465 e. The molecule has 3 atom stereocenters. The van der Waals surface area contributed by atoms with Gasteiger partial charge in [-0.3, -0.25) is 9.59 Å². The van der Waals surface area contributed by atoms with Crippen molar-refractivity contribution in [3.8, 4) is 11.6 Å². The molecule has 1 N–H and O–H groups in total. The number of fused-ring (bicyclic) bond motifs is 2. The Morgan fingerprint density at radius 1 is 0.949 bits per heavy atom. The smallest absolute Gasteiger partial charge is 0.338 e. The van der Waals surface area contributed by atoms with Crippen molar-refractivity contribution in [1.82, 2.24) is 15.2 Å². The number of amides is 2. The first-order valence-electron chi connectivity index (χ1n) is 12.7. The van der Waals surface area contributed by atoms with E-state index in [2.05, 4.69) is 10.3 Å². The van der Waals surface area contributed by atoms with Crippen molar-refractivity contribution in [2.45, 2.75) is 37.8 Å². The number of halogens is 2. The molecule has 1 aromatic heterocycles. The van der Waals surface area contributed by atoms with Crippen LogP contribution in [0, 0.1) is 17.6 Å². The fraction of sp³-hybridized carbons (Fsp3) is 0.310. The van der Waals surface area contributed by atoms with E-state index in [9.17, 15) is 23.2 Å². The van der Waals surface area contributed by atoms with Gasteiger partial charge >= 0.3 is 5.97 Å². The van der Waals surface area contributed by atoms with Gasteiger partial charge in [0.2, 0.25) is 5.88 Å². The Hall–Kier alpha value is -4.34. The molecule has 2 amide bonds. The SMILES string of the molecule is COC(=O)c1ccccc1C(=O)N1[C@@H]2CC[C@H]1CC(CNC(=O)c1cc(F)cnc1Oc1ccc(F)cc1)C2. The number of nitrogens with one attached hydrogen (secondary N) is 1. The molecule has 0 radical (unpaired) electrons. The fourth-order valence-corrected chi connectivity index (χ4v) is 5.50. The summed E-state index contributed by atoms with van der Waals surface area (Å²) in [6, 6.07) is 12.8. The first kappa shape index (κ1) is 26.3. The molecular weight excluding hydrogens is 508 g/mol. The van der Waals surface area contributed by atoms with Crippen molar-refractivity contribution in [2.75, 3.05) is 13.7 Å². The average Bonchev–Trinajstić information content (AvgIpc) is 3.22. The molecule has 3 aromatic rings. The van der Waals surface area contributed by atoms with Crippen molar-refractivity contribution in [2.24, 2.45) is 5.92 Å². The molecule has 8 nitrogen and oxygen atoms in total. The molecule has 10 heteroatoms. The second kappa shape index (κ2) is 11.2. The molecule has 2 aromatic carbocycles. The Kier molecular flexibility index (Phi) is 7.53. The quantitative estimate of drug-likeness (QED) is 0.439. The van der Waals surface area contributed by atoms with Crippen molar-refractivity contribution < 1.29 is 32.6 Å². The van der Waals surface area contributed by atoms with Crippen LogP contribution in [0.15, 0.2) is 60.8 Å². The Morgan fingerprint density at radius 3 is 2.28 bits per heavy atom. The van der Waals surface area contributed by atoms with Crippen LogP contribution in [0.5, 0.6) is 11.6 Å². The van der Waals surface area contributed by atoms with Crippen LogP contribution < -0.4 is 10.1 Å². The highest BCUT2D eigenvalue weighted by atomic mass is 19.1. The topological polar surface area (TPSA) is 97.8 Å². The number of carbonyl (C=O) groups is 3. The second-order valence-electron chi connectivity index (χ2n) is 9.74. The summed E-state index contributed by atoms with van der Waals surface area (Å²) in [5, 5.41) is 2.86. The van der Waals surface area contributed by atoms with Gasteiger partial charge in [0, 0.05) is 18.6 Å². The third-order valence-corrected chi connectivity index (χ3v) is 7.27. The molecule has 2 aliphatic rings. The number of nitrogens with zero attached hydrogens (tertiary/aromatic N) is 2. The molecule has 2 fully saturated rings. The molecule has 3 heterocycles. The zero-order valence-corrected chi connectivity index (χ0v) is 21.2. The molecule has 2 bridgehead atoms. The largest absolute Gasteiger partial charge is 0.465 e. The number of piperidine rings is 1.